The number of hydrogen-bond donors (Lipinski definition) is 2. The first kappa shape index (κ1) is 17.2. The Morgan fingerprint density at radius 3 is 2.14 bits per heavy atom. The number of halogens is 2. The van der Waals surface area contributed by atoms with Crippen LogP contribution in [0, 0.1) is 0 Å². The van der Waals surface area contributed by atoms with E-state index in [9.17, 15) is 8.42 Å². The van der Waals surface area contributed by atoms with Crippen molar-refractivity contribution in [2.24, 2.45) is 0 Å². The first-order valence-electron chi connectivity index (χ1n) is 6.44. The van der Waals surface area contributed by atoms with Crippen LogP contribution in [0.3, 0.4) is 0 Å². The molecule has 1 aliphatic heterocycles. The van der Waals surface area contributed by atoms with Gasteiger partial charge in [0.1, 0.15) is 4.90 Å². The van der Waals surface area contributed by atoms with Crippen LogP contribution in [-0.4, -0.2) is 62.1 Å². The Morgan fingerprint density at radius 1 is 1.14 bits per heavy atom. The minimum absolute atomic E-state index is 0.0851. The van der Waals surface area contributed by atoms with E-state index in [1.807, 2.05) is 4.90 Å². The fourth-order valence-corrected chi connectivity index (χ4v) is 6.25. The Balaban J connectivity index is 2.24. The van der Waals surface area contributed by atoms with Crippen LogP contribution in [0.2, 0.25) is 0 Å². The van der Waals surface area contributed by atoms with Crippen molar-refractivity contribution in [1.82, 2.24) is 9.21 Å². The lowest BCUT2D eigenvalue weighted by Gasteiger charge is -2.33. The van der Waals surface area contributed by atoms with Gasteiger partial charge in [-0.15, -0.1) is 0 Å². The summed E-state index contributed by atoms with van der Waals surface area (Å²) in [6, 6.07) is 3.17. The topological polar surface area (TPSA) is 86.9 Å². The van der Waals surface area contributed by atoms with Gasteiger partial charge in [0.15, 0.2) is 0 Å². The van der Waals surface area contributed by atoms with Crippen molar-refractivity contribution in [2.45, 2.75) is 4.90 Å². The summed E-state index contributed by atoms with van der Waals surface area (Å²) in [6.45, 7) is 2.70. The predicted molar refractivity (Wildman–Crippen MR) is 88.5 cm³/mol. The molecule has 0 amide bonds. The molecular weight excluding hydrogens is 426 g/mol. The maximum Gasteiger partial charge on any atom is 0.245 e. The van der Waals surface area contributed by atoms with Crippen LogP contribution in [0.25, 0.3) is 0 Å². The number of aliphatic hydroxyl groups is 1. The summed E-state index contributed by atoms with van der Waals surface area (Å²) >= 11 is 6.56. The minimum Gasteiger partial charge on any atom is -0.399 e. The quantitative estimate of drug-likeness (QED) is 0.681. The molecule has 1 aromatic carbocycles. The molecule has 3 N–H and O–H groups in total. The molecule has 1 heterocycles. The molecule has 1 aromatic rings. The SMILES string of the molecule is Nc1cc(Br)c(S(=O)(=O)N2CCN(CCO)CC2)c(Br)c1. The van der Waals surface area contributed by atoms with E-state index >= 15 is 0 Å². The normalized spacial score (nSPS) is 18.0. The lowest BCUT2D eigenvalue weighted by molar-refractivity contribution is 0.151. The zero-order valence-corrected chi connectivity index (χ0v) is 15.3. The van der Waals surface area contributed by atoms with E-state index in [1.165, 1.54) is 4.31 Å². The van der Waals surface area contributed by atoms with E-state index in [1.54, 1.807) is 12.1 Å². The molecule has 0 aliphatic carbocycles. The Bertz CT molecular complexity index is 593. The number of nitrogens with two attached hydrogens (primary N) is 1. The molecule has 9 heteroatoms. The molecule has 0 saturated carbocycles. The number of nitrogen functional groups attached to an aromatic ring is 1. The first-order valence-corrected chi connectivity index (χ1v) is 9.46. The van der Waals surface area contributed by atoms with Gasteiger partial charge in [0.25, 0.3) is 0 Å². The van der Waals surface area contributed by atoms with Crippen LogP contribution in [0.1, 0.15) is 0 Å². The number of hydrogen-bond acceptors (Lipinski definition) is 5. The van der Waals surface area contributed by atoms with Gasteiger partial charge >= 0.3 is 0 Å². The predicted octanol–water partition coefficient (Wildman–Crippen LogP) is 1.09. The van der Waals surface area contributed by atoms with E-state index in [-0.39, 0.29) is 11.5 Å². The van der Waals surface area contributed by atoms with Crippen LogP contribution in [-0.2, 0) is 10.0 Å². The standard InChI is InChI=1S/C12H17Br2N3O3S/c13-10-7-9(15)8-11(14)12(10)21(19,20)17-3-1-16(2-4-17)5-6-18/h7-8,18H,1-6,15H2. The van der Waals surface area contributed by atoms with E-state index in [2.05, 4.69) is 31.9 Å². The van der Waals surface area contributed by atoms with Crippen molar-refractivity contribution in [1.29, 1.82) is 0 Å². The Kier molecular flexibility index (Phi) is 5.66. The van der Waals surface area contributed by atoms with Gasteiger partial charge < -0.3 is 10.8 Å². The van der Waals surface area contributed by atoms with Crippen molar-refractivity contribution in [2.75, 3.05) is 45.1 Å². The molecule has 118 valence electrons. The van der Waals surface area contributed by atoms with E-state index in [4.69, 9.17) is 10.8 Å². The smallest absolute Gasteiger partial charge is 0.245 e. The second kappa shape index (κ2) is 6.93. The number of rotatable bonds is 4. The summed E-state index contributed by atoms with van der Waals surface area (Å²) in [4.78, 5) is 2.24. The zero-order valence-electron chi connectivity index (χ0n) is 11.3. The highest BCUT2D eigenvalue weighted by atomic mass is 79.9. The highest BCUT2D eigenvalue weighted by Crippen LogP contribution is 2.34. The molecule has 0 atom stereocenters. The van der Waals surface area contributed by atoms with Crippen LogP contribution in [0.15, 0.2) is 26.0 Å². The van der Waals surface area contributed by atoms with Gasteiger partial charge in [-0.25, -0.2) is 8.42 Å². The molecule has 21 heavy (non-hydrogen) atoms. The first-order chi connectivity index (χ1) is 9.86. The van der Waals surface area contributed by atoms with E-state index < -0.39 is 10.0 Å². The van der Waals surface area contributed by atoms with E-state index in [0.717, 1.165) is 0 Å². The second-order valence-electron chi connectivity index (χ2n) is 4.78. The monoisotopic (exact) mass is 441 g/mol. The third-order valence-electron chi connectivity index (χ3n) is 3.37. The molecule has 0 unspecified atom stereocenters. The summed E-state index contributed by atoms with van der Waals surface area (Å²) < 4.78 is 27.9. The summed E-state index contributed by atoms with van der Waals surface area (Å²) in [7, 11) is -3.58. The second-order valence-corrected chi connectivity index (χ2v) is 8.37. The van der Waals surface area contributed by atoms with Gasteiger partial charge in [0.2, 0.25) is 10.0 Å². The lowest BCUT2D eigenvalue weighted by Crippen LogP contribution is -2.49. The van der Waals surface area contributed by atoms with Crippen molar-refractivity contribution in [3.8, 4) is 0 Å². The Hall–Kier alpha value is -0.190. The number of piperazine rings is 1. The summed E-state index contributed by atoms with van der Waals surface area (Å²) in [5, 5.41) is 8.92. The molecule has 0 aromatic heterocycles. The van der Waals surface area contributed by atoms with Gasteiger partial charge in [-0.3, -0.25) is 4.90 Å². The van der Waals surface area contributed by atoms with Gasteiger partial charge in [-0.2, -0.15) is 4.31 Å². The number of sulfonamides is 1. The molecule has 1 fully saturated rings. The highest BCUT2D eigenvalue weighted by Gasteiger charge is 2.31. The average molecular weight is 443 g/mol. The summed E-state index contributed by atoms with van der Waals surface area (Å²) in [6.07, 6.45) is 0. The number of anilines is 1. The molecule has 0 spiro atoms. The van der Waals surface area contributed by atoms with Crippen LogP contribution in [0.4, 0.5) is 5.69 Å². The van der Waals surface area contributed by atoms with Crippen LogP contribution in [0.5, 0.6) is 0 Å². The lowest BCUT2D eigenvalue weighted by atomic mass is 10.3. The molecule has 0 radical (unpaired) electrons. The molecule has 6 nitrogen and oxygen atoms in total. The van der Waals surface area contributed by atoms with Crippen molar-refractivity contribution in [3.63, 3.8) is 0 Å². The molecular formula is C12H17Br2N3O3S. The summed E-state index contributed by atoms with van der Waals surface area (Å²) in [5.41, 5.74) is 6.19. The van der Waals surface area contributed by atoms with E-state index in [0.29, 0.717) is 47.4 Å². The number of aliphatic hydroxyl groups excluding tert-OH is 1. The van der Waals surface area contributed by atoms with Crippen molar-refractivity contribution >= 4 is 47.6 Å². The number of nitrogens with zero attached hydrogens (tertiary/aromatic N) is 2. The van der Waals surface area contributed by atoms with Gasteiger partial charge in [-0.1, -0.05) is 0 Å². The summed E-state index contributed by atoms with van der Waals surface area (Å²) in [5.74, 6) is 0. The molecule has 2 rings (SSSR count). The third-order valence-corrected chi connectivity index (χ3v) is 7.14. The van der Waals surface area contributed by atoms with Gasteiger partial charge in [-0.05, 0) is 44.0 Å². The van der Waals surface area contributed by atoms with Crippen molar-refractivity contribution in [3.05, 3.63) is 21.1 Å². The highest BCUT2D eigenvalue weighted by molar-refractivity contribution is 9.11. The molecule has 1 aliphatic rings. The number of β-amino-alcohol motifs (C(OH)–C–C–N with tert-alkyl or cyclic N) is 1. The van der Waals surface area contributed by atoms with Crippen molar-refractivity contribution < 1.29 is 13.5 Å². The minimum atomic E-state index is -3.58. The number of benzene rings is 1. The fourth-order valence-electron chi connectivity index (χ4n) is 2.29. The largest absolute Gasteiger partial charge is 0.399 e. The molecule has 1 saturated heterocycles. The molecule has 0 bridgehead atoms. The maximum absolute atomic E-state index is 12.8. The Labute approximate surface area is 141 Å². The van der Waals surface area contributed by atoms with Crippen LogP contribution >= 0.6 is 31.9 Å². The maximum atomic E-state index is 12.8. The van der Waals surface area contributed by atoms with Gasteiger partial charge in [0, 0.05) is 47.4 Å². The Morgan fingerprint density at radius 2 is 1.67 bits per heavy atom. The van der Waals surface area contributed by atoms with Gasteiger partial charge in [0.05, 0.1) is 6.61 Å². The fraction of sp³-hybridized carbons (Fsp3) is 0.500. The van der Waals surface area contributed by atoms with Crippen LogP contribution < -0.4 is 5.73 Å². The zero-order chi connectivity index (χ0) is 15.6. The average Bonchev–Trinajstić information content (AvgIpc) is 2.38. The third kappa shape index (κ3) is 3.77.